The first-order valence-electron chi connectivity index (χ1n) is 7.79. The average Bonchev–Trinajstić information content (AvgIpc) is 2.64. The van der Waals surface area contributed by atoms with E-state index in [2.05, 4.69) is 20.0 Å². The first-order chi connectivity index (χ1) is 12.9. The highest BCUT2D eigenvalue weighted by Crippen LogP contribution is 2.16. The molecule has 0 fully saturated rings. The molecule has 27 heavy (non-hydrogen) atoms. The molecule has 0 aliphatic rings. The molecule has 3 rings (SSSR count). The maximum atomic E-state index is 12.3. The van der Waals surface area contributed by atoms with Crippen LogP contribution in [0.5, 0.6) is 0 Å². The zero-order valence-electron chi connectivity index (χ0n) is 13.9. The molecular weight excluding hydrogens is 370 g/mol. The number of pyridine rings is 1. The van der Waals surface area contributed by atoms with E-state index in [0.717, 1.165) is 0 Å². The molecule has 0 saturated carbocycles. The van der Waals surface area contributed by atoms with Gasteiger partial charge in [-0.05, 0) is 36.4 Å². The van der Waals surface area contributed by atoms with E-state index in [-0.39, 0.29) is 22.9 Å². The van der Waals surface area contributed by atoms with Gasteiger partial charge in [0.15, 0.2) is 0 Å². The van der Waals surface area contributed by atoms with Crippen molar-refractivity contribution in [3.05, 3.63) is 77.5 Å². The van der Waals surface area contributed by atoms with Crippen LogP contribution in [0.15, 0.2) is 76.8 Å². The molecule has 2 N–H and O–H groups in total. The number of hydrogen-bond donors (Lipinski definition) is 2. The van der Waals surface area contributed by atoms with Crippen molar-refractivity contribution in [1.82, 2.24) is 14.5 Å². The summed E-state index contributed by atoms with van der Waals surface area (Å²) in [7, 11) is -3.85. The largest absolute Gasteiger partial charge is 0.325 e. The topological polar surface area (TPSA) is 123 Å². The van der Waals surface area contributed by atoms with Gasteiger partial charge in [0, 0.05) is 30.3 Å². The predicted octanol–water partition coefficient (Wildman–Crippen LogP) is 1.08. The summed E-state index contributed by atoms with van der Waals surface area (Å²) in [5.41, 5.74) is 0.113. The van der Waals surface area contributed by atoms with Crippen LogP contribution < -0.4 is 15.6 Å². The Morgan fingerprint density at radius 1 is 1.00 bits per heavy atom. The normalized spacial score (nSPS) is 11.0. The fraction of sp³-hybridized carbons (Fsp3) is 0.0588. The molecule has 0 saturated heterocycles. The van der Waals surface area contributed by atoms with Crippen molar-refractivity contribution in [2.24, 2.45) is 0 Å². The SMILES string of the molecule is O=C(Cn1ccccc1=O)Nc1ccc(S(=O)(=O)Nc2ncccn2)cc1. The van der Waals surface area contributed by atoms with Gasteiger partial charge in [-0.25, -0.2) is 23.1 Å². The lowest BCUT2D eigenvalue weighted by Crippen LogP contribution is -2.26. The summed E-state index contributed by atoms with van der Waals surface area (Å²) in [4.78, 5) is 31.3. The van der Waals surface area contributed by atoms with Crippen LogP contribution in [-0.4, -0.2) is 28.9 Å². The van der Waals surface area contributed by atoms with Crippen molar-refractivity contribution in [2.45, 2.75) is 11.4 Å². The zero-order chi connectivity index (χ0) is 19.3. The predicted molar refractivity (Wildman–Crippen MR) is 98.6 cm³/mol. The minimum atomic E-state index is -3.85. The Morgan fingerprint density at radius 3 is 2.37 bits per heavy atom. The lowest BCUT2D eigenvalue weighted by atomic mass is 10.3. The third-order valence-electron chi connectivity index (χ3n) is 3.45. The number of carbonyl (C=O) groups is 1. The van der Waals surface area contributed by atoms with Gasteiger partial charge in [-0.15, -0.1) is 0 Å². The highest BCUT2D eigenvalue weighted by atomic mass is 32.2. The number of amides is 1. The van der Waals surface area contributed by atoms with Crippen LogP contribution in [0.25, 0.3) is 0 Å². The summed E-state index contributed by atoms with van der Waals surface area (Å²) in [6, 6.07) is 11.8. The number of rotatable bonds is 6. The molecule has 3 aromatic rings. The van der Waals surface area contributed by atoms with Crippen LogP contribution in [-0.2, 0) is 21.4 Å². The molecule has 10 heteroatoms. The van der Waals surface area contributed by atoms with Gasteiger partial charge in [0.2, 0.25) is 11.9 Å². The molecule has 2 aromatic heterocycles. The van der Waals surface area contributed by atoms with Crippen LogP contribution in [0, 0.1) is 0 Å². The van der Waals surface area contributed by atoms with Crippen LogP contribution in [0.2, 0.25) is 0 Å². The van der Waals surface area contributed by atoms with E-state index in [0.29, 0.717) is 5.69 Å². The molecule has 1 amide bonds. The van der Waals surface area contributed by atoms with E-state index in [4.69, 9.17) is 0 Å². The molecule has 0 unspecified atom stereocenters. The van der Waals surface area contributed by atoms with Gasteiger partial charge in [-0.2, -0.15) is 0 Å². The average molecular weight is 385 g/mol. The Bertz CT molecular complexity index is 1100. The molecule has 0 aliphatic carbocycles. The van der Waals surface area contributed by atoms with Gasteiger partial charge in [0.25, 0.3) is 15.6 Å². The van der Waals surface area contributed by atoms with Gasteiger partial charge in [-0.3, -0.25) is 9.59 Å². The number of nitrogens with one attached hydrogen (secondary N) is 2. The molecule has 2 heterocycles. The first-order valence-corrected chi connectivity index (χ1v) is 9.27. The van der Waals surface area contributed by atoms with Crippen molar-refractivity contribution >= 4 is 27.6 Å². The number of anilines is 2. The number of hydrogen-bond acceptors (Lipinski definition) is 6. The van der Waals surface area contributed by atoms with Crippen LogP contribution in [0.3, 0.4) is 0 Å². The Labute approximate surface area is 154 Å². The monoisotopic (exact) mass is 385 g/mol. The van der Waals surface area contributed by atoms with Crippen LogP contribution >= 0.6 is 0 Å². The third kappa shape index (κ3) is 4.76. The van der Waals surface area contributed by atoms with E-state index in [1.54, 1.807) is 18.2 Å². The molecule has 138 valence electrons. The van der Waals surface area contributed by atoms with Gasteiger partial charge in [-0.1, -0.05) is 6.07 Å². The second-order valence-electron chi connectivity index (χ2n) is 5.42. The Balaban J connectivity index is 1.67. The Kier molecular flexibility index (Phi) is 5.27. The van der Waals surface area contributed by atoms with Crippen LogP contribution in [0.4, 0.5) is 11.6 Å². The Morgan fingerprint density at radius 2 is 1.70 bits per heavy atom. The van der Waals surface area contributed by atoms with Crippen molar-refractivity contribution in [3.63, 3.8) is 0 Å². The maximum absolute atomic E-state index is 12.3. The van der Waals surface area contributed by atoms with E-state index in [1.165, 1.54) is 53.5 Å². The smallest absolute Gasteiger partial charge is 0.264 e. The lowest BCUT2D eigenvalue weighted by molar-refractivity contribution is -0.116. The third-order valence-corrected chi connectivity index (χ3v) is 4.80. The van der Waals surface area contributed by atoms with Gasteiger partial charge in [0.1, 0.15) is 6.54 Å². The minimum Gasteiger partial charge on any atom is -0.325 e. The molecule has 9 nitrogen and oxygen atoms in total. The molecule has 0 spiro atoms. The highest BCUT2D eigenvalue weighted by molar-refractivity contribution is 7.92. The van der Waals surface area contributed by atoms with Crippen molar-refractivity contribution < 1.29 is 13.2 Å². The standard InChI is InChI=1S/C17H15N5O4S/c23-15(12-22-11-2-1-4-16(22)24)20-13-5-7-14(8-6-13)27(25,26)21-17-18-9-3-10-19-17/h1-11H,12H2,(H,20,23)(H,18,19,21). The summed E-state index contributed by atoms with van der Waals surface area (Å²) in [5, 5.41) is 2.61. The number of carbonyl (C=O) groups excluding carboxylic acids is 1. The second-order valence-corrected chi connectivity index (χ2v) is 7.10. The van der Waals surface area contributed by atoms with Gasteiger partial charge < -0.3 is 9.88 Å². The molecular formula is C17H15N5O4S. The number of sulfonamides is 1. The van der Waals surface area contributed by atoms with Crippen molar-refractivity contribution in [2.75, 3.05) is 10.0 Å². The fourth-order valence-electron chi connectivity index (χ4n) is 2.19. The van der Waals surface area contributed by atoms with Gasteiger partial charge >= 0.3 is 0 Å². The molecule has 0 bridgehead atoms. The van der Waals surface area contributed by atoms with E-state index in [1.807, 2.05) is 0 Å². The quantitative estimate of drug-likeness (QED) is 0.654. The fourth-order valence-corrected chi connectivity index (χ4v) is 3.15. The first kappa shape index (κ1) is 18.3. The summed E-state index contributed by atoms with van der Waals surface area (Å²) in [5.74, 6) is -0.446. The summed E-state index contributed by atoms with van der Waals surface area (Å²) in [6.45, 7) is -0.146. The number of nitrogens with zero attached hydrogens (tertiary/aromatic N) is 3. The van der Waals surface area contributed by atoms with Crippen LogP contribution in [0.1, 0.15) is 0 Å². The molecule has 0 atom stereocenters. The minimum absolute atomic E-state index is 0.00719. The summed E-state index contributed by atoms with van der Waals surface area (Å²) in [6.07, 6.45) is 4.35. The zero-order valence-corrected chi connectivity index (χ0v) is 14.8. The summed E-state index contributed by atoms with van der Waals surface area (Å²) < 4.78 is 28.1. The van der Waals surface area contributed by atoms with Gasteiger partial charge in [0.05, 0.1) is 4.90 Å². The molecule has 0 radical (unpaired) electrons. The van der Waals surface area contributed by atoms with E-state index in [9.17, 15) is 18.0 Å². The summed E-state index contributed by atoms with van der Waals surface area (Å²) >= 11 is 0. The second kappa shape index (κ2) is 7.79. The molecule has 1 aromatic carbocycles. The lowest BCUT2D eigenvalue weighted by Gasteiger charge is -2.09. The number of aromatic nitrogens is 3. The number of benzene rings is 1. The van der Waals surface area contributed by atoms with E-state index >= 15 is 0 Å². The van der Waals surface area contributed by atoms with Crippen molar-refractivity contribution in [3.8, 4) is 0 Å². The maximum Gasteiger partial charge on any atom is 0.264 e. The Hall–Kier alpha value is -3.53. The van der Waals surface area contributed by atoms with Crippen molar-refractivity contribution in [1.29, 1.82) is 0 Å². The molecule has 0 aliphatic heterocycles. The van der Waals surface area contributed by atoms with E-state index < -0.39 is 15.9 Å². The highest BCUT2D eigenvalue weighted by Gasteiger charge is 2.15.